The zero-order chi connectivity index (χ0) is 20.3. The molecule has 1 aromatic carbocycles. The third-order valence-electron chi connectivity index (χ3n) is 6.03. The van der Waals surface area contributed by atoms with E-state index >= 15 is 0 Å². The summed E-state index contributed by atoms with van der Waals surface area (Å²) in [5.41, 5.74) is 3.20. The number of hydrogen-bond acceptors (Lipinski definition) is 6. The second kappa shape index (κ2) is 8.45. The number of H-pyrrole nitrogens is 1. The largest absolute Gasteiger partial charge is 0.493 e. The molecule has 1 saturated heterocycles. The van der Waals surface area contributed by atoms with E-state index in [2.05, 4.69) is 38.1 Å². The summed E-state index contributed by atoms with van der Waals surface area (Å²) in [5.74, 6) is 2.70. The maximum atomic E-state index is 5.98. The third-order valence-corrected chi connectivity index (χ3v) is 6.03. The number of nitrogens with one attached hydrogen (secondary N) is 1. The molecule has 1 unspecified atom stereocenters. The van der Waals surface area contributed by atoms with Gasteiger partial charge in [-0.1, -0.05) is 6.07 Å². The van der Waals surface area contributed by atoms with Gasteiger partial charge in [0.1, 0.15) is 11.5 Å². The smallest absolute Gasteiger partial charge is 0.219 e. The van der Waals surface area contributed by atoms with E-state index in [0.29, 0.717) is 11.8 Å². The molecule has 0 spiro atoms. The lowest BCUT2D eigenvalue weighted by Gasteiger charge is -2.32. The number of hydrogen-bond donors (Lipinski definition) is 1. The maximum absolute atomic E-state index is 5.98. The number of nitrogens with zero attached hydrogens (tertiary/aromatic N) is 4. The molecule has 0 bridgehead atoms. The summed E-state index contributed by atoms with van der Waals surface area (Å²) in [6, 6.07) is 11.9. The Kier molecular flexibility index (Phi) is 5.38. The van der Waals surface area contributed by atoms with Crippen LogP contribution < -0.4 is 9.47 Å². The number of aromatic amines is 1. The van der Waals surface area contributed by atoms with Crippen molar-refractivity contribution >= 4 is 0 Å². The Bertz CT molecular complexity index is 966. The second-order valence-electron chi connectivity index (χ2n) is 8.10. The third kappa shape index (κ3) is 4.17. The normalized spacial score (nSPS) is 19.4. The molecule has 1 fully saturated rings. The monoisotopic (exact) mass is 405 g/mol. The highest BCUT2D eigenvalue weighted by Crippen LogP contribution is 2.39. The first-order valence-electron chi connectivity index (χ1n) is 10.6. The van der Waals surface area contributed by atoms with E-state index in [-0.39, 0.29) is 0 Å². The van der Waals surface area contributed by atoms with Gasteiger partial charge in [0.25, 0.3) is 0 Å². The Balaban J connectivity index is 1.20. The molecule has 2 aromatic heterocycles. The Morgan fingerprint density at radius 1 is 1.13 bits per heavy atom. The zero-order valence-corrected chi connectivity index (χ0v) is 17.3. The van der Waals surface area contributed by atoms with Gasteiger partial charge in [0.05, 0.1) is 12.3 Å². The van der Waals surface area contributed by atoms with Crippen LogP contribution in [0.25, 0.3) is 11.3 Å². The van der Waals surface area contributed by atoms with Crippen LogP contribution in [0.1, 0.15) is 17.9 Å². The Hall–Kier alpha value is -2.90. The Morgan fingerprint density at radius 3 is 2.80 bits per heavy atom. The summed E-state index contributed by atoms with van der Waals surface area (Å²) in [6.07, 6.45) is 4.64. The van der Waals surface area contributed by atoms with Crippen LogP contribution in [0.4, 0.5) is 0 Å². The van der Waals surface area contributed by atoms with Crippen molar-refractivity contribution in [1.29, 1.82) is 0 Å². The molecule has 1 N–H and O–H groups in total. The molecule has 4 heterocycles. The summed E-state index contributed by atoms with van der Waals surface area (Å²) >= 11 is 0. The van der Waals surface area contributed by atoms with Crippen molar-refractivity contribution in [2.75, 3.05) is 46.4 Å². The van der Waals surface area contributed by atoms with Crippen LogP contribution in [0.2, 0.25) is 0 Å². The number of likely N-dealkylation sites (N-methyl/N-ethyl adjacent to an activating group) is 1. The molecule has 0 radical (unpaired) electrons. The van der Waals surface area contributed by atoms with E-state index in [9.17, 15) is 0 Å². The van der Waals surface area contributed by atoms with E-state index in [1.807, 2.05) is 30.3 Å². The molecule has 0 saturated carbocycles. The van der Waals surface area contributed by atoms with Crippen LogP contribution >= 0.6 is 0 Å². The van der Waals surface area contributed by atoms with E-state index < -0.39 is 0 Å². The average molecular weight is 406 g/mol. The predicted molar refractivity (Wildman–Crippen MR) is 115 cm³/mol. The van der Waals surface area contributed by atoms with Gasteiger partial charge in [0, 0.05) is 67.8 Å². The van der Waals surface area contributed by atoms with Crippen LogP contribution in [0.3, 0.4) is 0 Å². The number of fused-ring (bicyclic) bond motifs is 1. The molecule has 30 heavy (non-hydrogen) atoms. The minimum atomic E-state index is 0.459. The highest BCUT2D eigenvalue weighted by atomic mass is 16.5. The first-order valence-corrected chi connectivity index (χ1v) is 10.6. The van der Waals surface area contributed by atoms with Crippen molar-refractivity contribution in [3.8, 4) is 28.6 Å². The number of pyridine rings is 1. The summed E-state index contributed by atoms with van der Waals surface area (Å²) in [4.78, 5) is 9.36. The minimum absolute atomic E-state index is 0.459. The molecule has 2 aliphatic heterocycles. The molecular formula is C23H27N5O2. The van der Waals surface area contributed by atoms with E-state index in [4.69, 9.17) is 9.47 Å². The SMILES string of the molecule is CN1CCN(CCC2COc3cc(Oc4ccc(-c5ccn[nH]5)cn4)ccc32)CC1. The molecule has 0 aliphatic carbocycles. The highest BCUT2D eigenvalue weighted by Gasteiger charge is 2.26. The Labute approximate surface area is 176 Å². The van der Waals surface area contributed by atoms with Gasteiger partial charge < -0.3 is 19.3 Å². The van der Waals surface area contributed by atoms with Crippen molar-refractivity contribution in [3.63, 3.8) is 0 Å². The molecule has 1 atom stereocenters. The maximum Gasteiger partial charge on any atom is 0.219 e. The quantitative estimate of drug-likeness (QED) is 0.678. The second-order valence-corrected chi connectivity index (χ2v) is 8.10. The summed E-state index contributed by atoms with van der Waals surface area (Å²) in [5, 5.41) is 6.90. The van der Waals surface area contributed by atoms with Crippen LogP contribution in [0, 0.1) is 0 Å². The van der Waals surface area contributed by atoms with Gasteiger partial charge in [-0.2, -0.15) is 5.10 Å². The van der Waals surface area contributed by atoms with Crippen molar-refractivity contribution in [2.45, 2.75) is 12.3 Å². The number of ether oxygens (including phenoxy) is 2. The zero-order valence-electron chi connectivity index (χ0n) is 17.3. The standard InChI is InChI=1S/C23H27N5O2/c1-27-10-12-28(13-11-27)9-7-18-16-29-22-14-19(3-4-20(18)22)30-23-5-2-17(15-24-23)21-6-8-25-26-21/h2-6,8,14-15,18H,7,9-13,16H2,1H3,(H,25,26). The van der Waals surface area contributed by atoms with Crippen molar-refractivity contribution in [1.82, 2.24) is 25.0 Å². The molecule has 0 amide bonds. The first-order chi connectivity index (χ1) is 14.7. The topological polar surface area (TPSA) is 66.5 Å². The van der Waals surface area contributed by atoms with E-state index in [1.165, 1.54) is 5.56 Å². The van der Waals surface area contributed by atoms with Crippen LogP contribution in [0.5, 0.6) is 17.4 Å². The fraction of sp³-hybridized carbons (Fsp3) is 0.391. The summed E-state index contributed by atoms with van der Waals surface area (Å²) in [6.45, 7) is 6.53. The lowest BCUT2D eigenvalue weighted by Crippen LogP contribution is -2.44. The van der Waals surface area contributed by atoms with E-state index in [1.54, 1.807) is 12.4 Å². The van der Waals surface area contributed by atoms with Gasteiger partial charge in [-0.3, -0.25) is 5.10 Å². The number of benzene rings is 1. The van der Waals surface area contributed by atoms with Crippen molar-refractivity contribution < 1.29 is 9.47 Å². The molecule has 2 aliphatic rings. The van der Waals surface area contributed by atoms with Crippen LogP contribution in [-0.2, 0) is 0 Å². The Morgan fingerprint density at radius 2 is 2.03 bits per heavy atom. The summed E-state index contributed by atoms with van der Waals surface area (Å²) < 4.78 is 11.9. The lowest BCUT2D eigenvalue weighted by molar-refractivity contribution is 0.148. The first kappa shape index (κ1) is 19.1. The predicted octanol–water partition coefficient (Wildman–Crippen LogP) is 3.38. The summed E-state index contributed by atoms with van der Waals surface area (Å²) in [7, 11) is 2.20. The number of piperazine rings is 1. The van der Waals surface area contributed by atoms with Crippen LogP contribution in [-0.4, -0.2) is 71.4 Å². The molecule has 3 aromatic rings. The van der Waals surface area contributed by atoms with Gasteiger partial charge in [-0.15, -0.1) is 0 Å². The van der Waals surface area contributed by atoms with Gasteiger partial charge in [-0.25, -0.2) is 4.98 Å². The van der Waals surface area contributed by atoms with Crippen LogP contribution in [0.15, 0.2) is 48.8 Å². The minimum Gasteiger partial charge on any atom is -0.493 e. The lowest BCUT2D eigenvalue weighted by atomic mass is 9.97. The molecule has 156 valence electrons. The van der Waals surface area contributed by atoms with Gasteiger partial charge >= 0.3 is 0 Å². The fourth-order valence-electron chi connectivity index (χ4n) is 4.11. The van der Waals surface area contributed by atoms with Crippen molar-refractivity contribution in [3.05, 3.63) is 54.4 Å². The van der Waals surface area contributed by atoms with Gasteiger partial charge in [0.15, 0.2) is 0 Å². The molecule has 7 heteroatoms. The number of rotatable bonds is 6. The van der Waals surface area contributed by atoms with Gasteiger partial charge in [0.2, 0.25) is 5.88 Å². The van der Waals surface area contributed by atoms with Gasteiger partial charge in [-0.05, 0) is 38.2 Å². The van der Waals surface area contributed by atoms with Crippen molar-refractivity contribution in [2.24, 2.45) is 0 Å². The molecule has 7 nitrogen and oxygen atoms in total. The number of aromatic nitrogens is 3. The molecule has 5 rings (SSSR count). The highest BCUT2D eigenvalue weighted by molar-refractivity contribution is 5.57. The van der Waals surface area contributed by atoms with E-state index in [0.717, 1.165) is 68.5 Å². The molecular weight excluding hydrogens is 378 g/mol. The fourth-order valence-corrected chi connectivity index (χ4v) is 4.11. The average Bonchev–Trinajstić information content (AvgIpc) is 3.44.